The average molecular weight is 196 g/mol. The molecule has 3 atom stereocenters. The van der Waals surface area contributed by atoms with Crippen LogP contribution >= 0.6 is 0 Å². The number of rotatable bonds is 1. The Labute approximate surface area is 83.8 Å². The van der Waals surface area contributed by atoms with Crippen molar-refractivity contribution in [1.29, 1.82) is 0 Å². The van der Waals surface area contributed by atoms with Gasteiger partial charge in [0.05, 0.1) is 11.2 Å². The summed E-state index contributed by atoms with van der Waals surface area (Å²) >= 11 is 0. The number of hydrogen-bond acceptors (Lipinski definition) is 3. The van der Waals surface area contributed by atoms with Crippen LogP contribution in [0.1, 0.15) is 27.7 Å². The molecular weight excluding hydrogens is 180 g/mol. The number of Topliss-reactive ketones (excluding diaryl/α,β-unsaturated/α-hetero) is 2. The van der Waals surface area contributed by atoms with E-state index in [0.717, 1.165) is 0 Å². The average Bonchev–Trinajstić information content (AvgIpc) is 2.08. The molecule has 0 heterocycles. The van der Waals surface area contributed by atoms with Crippen LogP contribution in [0, 0.1) is 11.8 Å². The molecule has 3 unspecified atom stereocenters. The molecule has 3 nitrogen and oxygen atoms in total. The predicted octanol–water partition coefficient (Wildman–Crippen LogP) is 1.11. The van der Waals surface area contributed by atoms with Crippen LogP contribution in [0.2, 0.25) is 0 Å². The van der Waals surface area contributed by atoms with Crippen molar-refractivity contribution in [2.45, 2.75) is 33.3 Å². The lowest BCUT2D eigenvalue weighted by atomic mass is 9.71. The molecule has 0 saturated carbocycles. The van der Waals surface area contributed by atoms with E-state index in [-0.39, 0.29) is 23.1 Å². The maximum Gasteiger partial charge on any atom is 0.171 e. The van der Waals surface area contributed by atoms with Crippen LogP contribution in [-0.2, 0) is 9.59 Å². The highest BCUT2D eigenvalue weighted by Gasteiger charge is 2.43. The van der Waals surface area contributed by atoms with Gasteiger partial charge in [-0.2, -0.15) is 0 Å². The van der Waals surface area contributed by atoms with Gasteiger partial charge < -0.3 is 5.11 Å². The molecule has 0 saturated heterocycles. The van der Waals surface area contributed by atoms with E-state index in [4.69, 9.17) is 0 Å². The van der Waals surface area contributed by atoms with Crippen LogP contribution in [0.15, 0.2) is 11.6 Å². The van der Waals surface area contributed by atoms with Crippen molar-refractivity contribution in [2.75, 3.05) is 0 Å². The minimum absolute atomic E-state index is 0.172. The summed E-state index contributed by atoms with van der Waals surface area (Å²) in [6.07, 6.45) is 1.57. The van der Waals surface area contributed by atoms with Crippen LogP contribution in [0.5, 0.6) is 0 Å². The van der Waals surface area contributed by atoms with E-state index < -0.39 is 11.5 Å². The van der Waals surface area contributed by atoms with E-state index in [1.165, 1.54) is 6.92 Å². The third-order valence-electron chi connectivity index (χ3n) is 3.25. The lowest BCUT2D eigenvalue weighted by Crippen LogP contribution is -2.47. The number of hydrogen-bond donors (Lipinski definition) is 1. The molecule has 0 amide bonds. The second-order valence-corrected chi connectivity index (χ2v) is 4.24. The third-order valence-corrected chi connectivity index (χ3v) is 3.25. The highest BCUT2D eigenvalue weighted by atomic mass is 16.3. The van der Waals surface area contributed by atoms with Crippen molar-refractivity contribution in [3.8, 4) is 0 Å². The van der Waals surface area contributed by atoms with E-state index in [9.17, 15) is 14.7 Å². The zero-order chi connectivity index (χ0) is 11.1. The molecule has 0 bridgehead atoms. The third kappa shape index (κ3) is 1.52. The van der Waals surface area contributed by atoms with Gasteiger partial charge in [-0.1, -0.05) is 19.9 Å². The van der Waals surface area contributed by atoms with Crippen molar-refractivity contribution in [1.82, 2.24) is 0 Å². The number of carbonyl (C=O) groups is 2. The van der Waals surface area contributed by atoms with Gasteiger partial charge in [0.1, 0.15) is 0 Å². The first-order valence-corrected chi connectivity index (χ1v) is 4.77. The first kappa shape index (κ1) is 11.1. The van der Waals surface area contributed by atoms with E-state index in [2.05, 4.69) is 0 Å². The van der Waals surface area contributed by atoms with E-state index in [0.29, 0.717) is 0 Å². The predicted molar refractivity (Wildman–Crippen MR) is 52.7 cm³/mol. The second-order valence-electron chi connectivity index (χ2n) is 4.24. The zero-order valence-electron chi connectivity index (χ0n) is 9.00. The first-order valence-electron chi connectivity index (χ1n) is 4.77. The molecule has 1 N–H and O–H groups in total. The Morgan fingerprint density at radius 2 is 2.00 bits per heavy atom. The summed E-state index contributed by atoms with van der Waals surface area (Å²) in [6, 6.07) is 0. The Morgan fingerprint density at radius 1 is 1.50 bits per heavy atom. The molecule has 0 spiro atoms. The van der Waals surface area contributed by atoms with Crippen LogP contribution in [0.25, 0.3) is 0 Å². The van der Waals surface area contributed by atoms with Gasteiger partial charge in [0.15, 0.2) is 11.6 Å². The monoisotopic (exact) mass is 196 g/mol. The van der Waals surface area contributed by atoms with Gasteiger partial charge in [-0.05, 0) is 13.8 Å². The molecule has 1 rings (SSSR count). The molecule has 0 radical (unpaired) electrons. The molecule has 0 aromatic rings. The maximum absolute atomic E-state index is 11.7. The topological polar surface area (TPSA) is 54.4 Å². The van der Waals surface area contributed by atoms with E-state index in [1.807, 2.05) is 6.92 Å². The number of ketones is 2. The minimum Gasteiger partial charge on any atom is -0.389 e. The van der Waals surface area contributed by atoms with Crippen LogP contribution < -0.4 is 0 Å². The maximum atomic E-state index is 11.7. The fourth-order valence-electron chi connectivity index (χ4n) is 1.68. The molecule has 1 aliphatic rings. The summed E-state index contributed by atoms with van der Waals surface area (Å²) in [5.41, 5.74) is -0.813. The van der Waals surface area contributed by atoms with Crippen molar-refractivity contribution >= 4 is 11.6 Å². The molecule has 0 aromatic heterocycles. The second kappa shape index (κ2) is 3.31. The first-order chi connectivity index (χ1) is 6.28. The van der Waals surface area contributed by atoms with Crippen LogP contribution in [-0.4, -0.2) is 22.3 Å². The van der Waals surface area contributed by atoms with Gasteiger partial charge in [0.2, 0.25) is 0 Å². The lowest BCUT2D eigenvalue weighted by Gasteiger charge is -2.37. The van der Waals surface area contributed by atoms with Gasteiger partial charge in [-0.25, -0.2) is 0 Å². The van der Waals surface area contributed by atoms with Crippen molar-refractivity contribution in [2.24, 2.45) is 11.8 Å². The summed E-state index contributed by atoms with van der Waals surface area (Å²) in [5, 5.41) is 10.0. The molecule has 78 valence electrons. The Hall–Kier alpha value is -0.960. The molecular formula is C11H16O3. The number of aliphatic hydroxyl groups is 1. The number of allylic oxidation sites excluding steroid dienone is 1. The molecule has 0 aliphatic heterocycles. The fourth-order valence-corrected chi connectivity index (χ4v) is 1.68. The van der Waals surface area contributed by atoms with Crippen molar-refractivity contribution in [3.63, 3.8) is 0 Å². The Bertz CT molecular complexity index is 312. The SMILES string of the molecule is CC(=O)C1=CC(C)C(C)(O)C(C)C1=O. The van der Waals surface area contributed by atoms with E-state index in [1.54, 1.807) is 19.9 Å². The van der Waals surface area contributed by atoms with Crippen LogP contribution in [0.3, 0.4) is 0 Å². The number of carbonyl (C=O) groups excluding carboxylic acids is 2. The molecule has 14 heavy (non-hydrogen) atoms. The summed E-state index contributed by atoms with van der Waals surface area (Å²) < 4.78 is 0. The Morgan fingerprint density at radius 3 is 2.43 bits per heavy atom. The molecule has 1 aliphatic carbocycles. The smallest absolute Gasteiger partial charge is 0.171 e. The van der Waals surface area contributed by atoms with Crippen molar-refractivity contribution < 1.29 is 14.7 Å². The highest BCUT2D eigenvalue weighted by Crippen LogP contribution is 2.34. The lowest BCUT2D eigenvalue weighted by molar-refractivity contribution is -0.132. The summed E-state index contributed by atoms with van der Waals surface area (Å²) in [7, 11) is 0. The Balaban J connectivity index is 3.17. The summed E-state index contributed by atoms with van der Waals surface area (Å²) in [5.74, 6) is -1.15. The van der Waals surface area contributed by atoms with Gasteiger partial charge >= 0.3 is 0 Å². The van der Waals surface area contributed by atoms with Crippen LogP contribution in [0.4, 0.5) is 0 Å². The minimum atomic E-state index is -1.05. The summed E-state index contributed by atoms with van der Waals surface area (Å²) in [6.45, 7) is 6.48. The molecule has 0 aromatic carbocycles. The standard InChI is InChI=1S/C11H16O3/c1-6-5-9(8(3)12)10(13)7(2)11(6,4)14/h5-7,14H,1-4H3. The van der Waals surface area contributed by atoms with Crippen molar-refractivity contribution in [3.05, 3.63) is 11.6 Å². The summed E-state index contributed by atoms with van der Waals surface area (Å²) in [4.78, 5) is 22.8. The van der Waals surface area contributed by atoms with Gasteiger partial charge in [0, 0.05) is 11.8 Å². The molecule has 0 fully saturated rings. The van der Waals surface area contributed by atoms with Gasteiger partial charge in [-0.3, -0.25) is 9.59 Å². The zero-order valence-corrected chi connectivity index (χ0v) is 9.00. The fraction of sp³-hybridized carbons (Fsp3) is 0.636. The largest absolute Gasteiger partial charge is 0.389 e. The molecule has 3 heteroatoms. The normalized spacial score (nSPS) is 38.1. The van der Waals surface area contributed by atoms with E-state index >= 15 is 0 Å². The van der Waals surface area contributed by atoms with Gasteiger partial charge in [0.25, 0.3) is 0 Å². The van der Waals surface area contributed by atoms with Gasteiger partial charge in [-0.15, -0.1) is 0 Å². The highest BCUT2D eigenvalue weighted by molar-refractivity contribution is 6.20. The Kier molecular flexibility index (Phi) is 2.63. The quantitative estimate of drug-likeness (QED) is 0.639.